The van der Waals surface area contributed by atoms with E-state index in [9.17, 15) is 5.26 Å². The predicted molar refractivity (Wildman–Crippen MR) is 96.8 cm³/mol. The maximum atomic E-state index is 9.40. The standard InChI is InChI=1S/C21H13N3/c22-14-17-13-12-16-7-2-4-10-19(16)21(17)24-23-20-11-5-8-15-6-1-3-9-18(15)20/h1-13H. The van der Waals surface area contributed by atoms with E-state index in [0.29, 0.717) is 11.3 Å². The van der Waals surface area contributed by atoms with Crippen LogP contribution in [-0.4, -0.2) is 0 Å². The predicted octanol–water partition coefficient (Wildman–Crippen LogP) is 6.28. The van der Waals surface area contributed by atoms with Crippen LogP contribution >= 0.6 is 0 Å². The molecule has 112 valence electrons. The topological polar surface area (TPSA) is 48.5 Å². The summed E-state index contributed by atoms with van der Waals surface area (Å²) in [5.74, 6) is 0. The van der Waals surface area contributed by atoms with Crippen LogP contribution in [0.2, 0.25) is 0 Å². The summed E-state index contributed by atoms with van der Waals surface area (Å²) in [6, 6.07) is 27.8. The fourth-order valence-electron chi connectivity index (χ4n) is 2.85. The molecular weight excluding hydrogens is 294 g/mol. The minimum absolute atomic E-state index is 0.526. The zero-order chi connectivity index (χ0) is 16.4. The van der Waals surface area contributed by atoms with Crippen molar-refractivity contribution in [2.75, 3.05) is 0 Å². The summed E-state index contributed by atoms with van der Waals surface area (Å²) in [5, 5.41) is 22.4. The minimum atomic E-state index is 0.526. The van der Waals surface area contributed by atoms with Crippen molar-refractivity contribution in [3.8, 4) is 6.07 Å². The molecule has 3 heteroatoms. The lowest BCUT2D eigenvalue weighted by Crippen LogP contribution is -1.80. The van der Waals surface area contributed by atoms with Gasteiger partial charge < -0.3 is 0 Å². The third kappa shape index (κ3) is 2.41. The summed E-state index contributed by atoms with van der Waals surface area (Å²) >= 11 is 0. The van der Waals surface area contributed by atoms with Crippen LogP contribution in [0.5, 0.6) is 0 Å². The quantitative estimate of drug-likeness (QED) is 0.402. The summed E-state index contributed by atoms with van der Waals surface area (Å²) in [5.41, 5.74) is 1.94. The Bertz CT molecular complexity index is 1120. The summed E-state index contributed by atoms with van der Waals surface area (Å²) in [4.78, 5) is 0. The largest absolute Gasteiger partial charge is 0.192 e. The molecule has 0 aliphatic heterocycles. The van der Waals surface area contributed by atoms with Crippen LogP contribution in [0.3, 0.4) is 0 Å². The van der Waals surface area contributed by atoms with E-state index in [4.69, 9.17) is 0 Å². The van der Waals surface area contributed by atoms with Gasteiger partial charge in [0.1, 0.15) is 11.8 Å². The van der Waals surface area contributed by atoms with Crippen LogP contribution < -0.4 is 0 Å². The molecule has 0 bridgehead atoms. The molecule has 4 aromatic rings. The maximum Gasteiger partial charge on any atom is 0.111 e. The molecule has 0 spiro atoms. The average Bonchev–Trinajstić information content (AvgIpc) is 2.66. The van der Waals surface area contributed by atoms with Crippen LogP contribution in [-0.2, 0) is 0 Å². The Morgan fingerprint density at radius 2 is 1.29 bits per heavy atom. The Morgan fingerprint density at radius 3 is 2.08 bits per heavy atom. The highest BCUT2D eigenvalue weighted by Crippen LogP contribution is 2.33. The molecule has 0 saturated heterocycles. The van der Waals surface area contributed by atoms with Crippen LogP contribution in [0.15, 0.2) is 89.1 Å². The zero-order valence-corrected chi connectivity index (χ0v) is 12.8. The molecule has 0 fully saturated rings. The van der Waals surface area contributed by atoms with E-state index < -0.39 is 0 Å². The fraction of sp³-hybridized carbons (Fsp3) is 0. The lowest BCUT2D eigenvalue weighted by Gasteiger charge is -2.04. The zero-order valence-electron chi connectivity index (χ0n) is 12.8. The number of hydrogen-bond donors (Lipinski definition) is 0. The Kier molecular flexibility index (Phi) is 3.49. The summed E-state index contributed by atoms with van der Waals surface area (Å²) in [6.45, 7) is 0. The Hall–Kier alpha value is -3.51. The molecule has 0 unspecified atom stereocenters. The second-order valence-electron chi connectivity index (χ2n) is 5.49. The fourth-order valence-corrected chi connectivity index (χ4v) is 2.85. The molecule has 0 aromatic heterocycles. The van der Waals surface area contributed by atoms with E-state index in [1.807, 2.05) is 72.8 Å². The number of hydrogen-bond acceptors (Lipinski definition) is 3. The van der Waals surface area contributed by atoms with Crippen molar-refractivity contribution in [1.29, 1.82) is 5.26 Å². The summed E-state index contributed by atoms with van der Waals surface area (Å²) < 4.78 is 0. The molecule has 4 aromatic carbocycles. The van der Waals surface area contributed by atoms with Gasteiger partial charge in [0.2, 0.25) is 0 Å². The molecule has 0 heterocycles. The van der Waals surface area contributed by atoms with Gasteiger partial charge in [0.25, 0.3) is 0 Å². The SMILES string of the molecule is N#Cc1ccc2ccccc2c1N=Nc1cccc2ccccc12. The van der Waals surface area contributed by atoms with Gasteiger partial charge in [-0.1, -0.05) is 66.7 Å². The molecule has 0 N–H and O–H groups in total. The Labute approximate surface area is 139 Å². The van der Waals surface area contributed by atoms with E-state index in [-0.39, 0.29) is 0 Å². The van der Waals surface area contributed by atoms with Gasteiger partial charge in [-0.15, -0.1) is 10.2 Å². The smallest absolute Gasteiger partial charge is 0.111 e. The third-order valence-electron chi connectivity index (χ3n) is 4.05. The monoisotopic (exact) mass is 307 g/mol. The van der Waals surface area contributed by atoms with E-state index in [2.05, 4.69) is 16.3 Å². The van der Waals surface area contributed by atoms with Gasteiger partial charge in [-0.05, 0) is 22.9 Å². The number of nitrogens with zero attached hydrogens (tertiary/aromatic N) is 3. The Morgan fingerprint density at radius 1 is 0.625 bits per heavy atom. The van der Waals surface area contributed by atoms with Crippen molar-refractivity contribution in [2.24, 2.45) is 10.2 Å². The van der Waals surface area contributed by atoms with E-state index in [0.717, 1.165) is 27.2 Å². The van der Waals surface area contributed by atoms with Crippen LogP contribution in [0, 0.1) is 11.3 Å². The molecule has 0 saturated carbocycles. The van der Waals surface area contributed by atoms with Crippen molar-refractivity contribution < 1.29 is 0 Å². The number of azo groups is 1. The van der Waals surface area contributed by atoms with E-state index in [1.54, 1.807) is 6.07 Å². The first-order valence-electron chi connectivity index (χ1n) is 7.68. The average molecular weight is 307 g/mol. The van der Waals surface area contributed by atoms with E-state index >= 15 is 0 Å². The first-order valence-corrected chi connectivity index (χ1v) is 7.68. The van der Waals surface area contributed by atoms with Crippen LogP contribution in [0.4, 0.5) is 11.4 Å². The second kappa shape index (κ2) is 5.94. The number of fused-ring (bicyclic) bond motifs is 2. The number of nitriles is 1. The lowest BCUT2D eigenvalue weighted by molar-refractivity contribution is 1.24. The Balaban J connectivity index is 1.90. The molecular formula is C21H13N3. The third-order valence-corrected chi connectivity index (χ3v) is 4.05. The molecule has 0 atom stereocenters. The summed E-state index contributed by atoms with van der Waals surface area (Å²) in [6.07, 6.45) is 0. The van der Waals surface area contributed by atoms with Gasteiger partial charge in [-0.3, -0.25) is 0 Å². The van der Waals surface area contributed by atoms with Crippen molar-refractivity contribution in [3.63, 3.8) is 0 Å². The van der Waals surface area contributed by atoms with E-state index in [1.165, 1.54) is 0 Å². The first-order chi connectivity index (χ1) is 11.9. The van der Waals surface area contributed by atoms with Gasteiger partial charge >= 0.3 is 0 Å². The van der Waals surface area contributed by atoms with Crippen LogP contribution in [0.1, 0.15) is 5.56 Å². The maximum absolute atomic E-state index is 9.40. The van der Waals surface area contributed by atoms with Crippen molar-refractivity contribution in [3.05, 3.63) is 84.4 Å². The minimum Gasteiger partial charge on any atom is -0.192 e. The van der Waals surface area contributed by atoms with Crippen molar-refractivity contribution in [1.82, 2.24) is 0 Å². The highest BCUT2D eigenvalue weighted by Gasteiger charge is 2.07. The molecule has 0 aliphatic rings. The number of rotatable bonds is 2. The van der Waals surface area contributed by atoms with Gasteiger partial charge in [-0.25, -0.2) is 0 Å². The molecule has 3 nitrogen and oxygen atoms in total. The normalized spacial score (nSPS) is 11.1. The summed E-state index contributed by atoms with van der Waals surface area (Å²) in [7, 11) is 0. The molecule has 0 radical (unpaired) electrons. The van der Waals surface area contributed by atoms with Gasteiger partial charge in [0.15, 0.2) is 0 Å². The van der Waals surface area contributed by atoms with Crippen molar-refractivity contribution in [2.45, 2.75) is 0 Å². The van der Waals surface area contributed by atoms with Gasteiger partial charge in [-0.2, -0.15) is 5.26 Å². The molecule has 4 rings (SSSR count). The van der Waals surface area contributed by atoms with Gasteiger partial charge in [0.05, 0.1) is 11.3 Å². The highest BCUT2D eigenvalue weighted by atomic mass is 15.1. The second-order valence-corrected chi connectivity index (χ2v) is 5.49. The van der Waals surface area contributed by atoms with Gasteiger partial charge in [0, 0.05) is 10.8 Å². The first kappa shape index (κ1) is 14.1. The van der Waals surface area contributed by atoms with Crippen molar-refractivity contribution >= 4 is 32.9 Å². The molecule has 24 heavy (non-hydrogen) atoms. The van der Waals surface area contributed by atoms with Crippen LogP contribution in [0.25, 0.3) is 21.5 Å². The highest BCUT2D eigenvalue weighted by molar-refractivity contribution is 5.95. The molecule has 0 amide bonds. The molecule has 0 aliphatic carbocycles. The number of benzene rings is 4. The lowest BCUT2D eigenvalue weighted by atomic mass is 10.1.